The van der Waals surface area contributed by atoms with Crippen LogP contribution in [0.5, 0.6) is 0 Å². The molecule has 0 atom stereocenters. The van der Waals surface area contributed by atoms with Crippen molar-refractivity contribution in [2.24, 2.45) is 0 Å². The lowest BCUT2D eigenvalue weighted by molar-refractivity contribution is 0.0955. The quantitative estimate of drug-likeness (QED) is 0.494. The molecule has 0 radical (unpaired) electrons. The number of aryl methyl sites for hydroxylation is 2. The van der Waals surface area contributed by atoms with Gasteiger partial charge in [-0.25, -0.2) is 4.39 Å². The molecule has 0 spiro atoms. The summed E-state index contributed by atoms with van der Waals surface area (Å²) in [5, 5.41) is 3.96. The van der Waals surface area contributed by atoms with Crippen molar-refractivity contribution >= 4 is 30.1 Å². The van der Waals surface area contributed by atoms with Crippen LogP contribution in [0.3, 0.4) is 0 Å². The molecule has 2 N–H and O–H groups in total. The van der Waals surface area contributed by atoms with E-state index in [1.807, 2.05) is 70.2 Å². The molecule has 0 bridgehead atoms. The van der Waals surface area contributed by atoms with Crippen LogP contribution in [-0.2, 0) is 6.42 Å². The molecule has 5 heteroatoms. The Balaban J connectivity index is 1.53. The second kappa shape index (κ2) is 8.19. The van der Waals surface area contributed by atoms with Crippen molar-refractivity contribution in [1.29, 1.82) is 0 Å². The van der Waals surface area contributed by atoms with Gasteiger partial charge >= 0.3 is 0 Å². The molecule has 150 valence electrons. The minimum atomic E-state index is -0.249. The maximum atomic E-state index is 14.2. The maximum absolute atomic E-state index is 14.2. The number of hydrogen-bond donors (Lipinski definition) is 2. The second-order valence-corrected chi connectivity index (χ2v) is 7.76. The third-order valence-electron chi connectivity index (χ3n) is 5.62. The molecule has 0 unspecified atom stereocenters. The van der Waals surface area contributed by atoms with Crippen molar-refractivity contribution < 1.29 is 9.18 Å². The average molecular weight is 398 g/mol. The zero-order valence-corrected chi connectivity index (χ0v) is 17.5. The zero-order valence-electron chi connectivity index (χ0n) is 17.5. The van der Waals surface area contributed by atoms with Gasteiger partial charge in [0.25, 0.3) is 5.91 Å². The minimum absolute atomic E-state index is 0.105. The Morgan fingerprint density at radius 1 is 1.03 bits per heavy atom. The molecule has 0 saturated heterocycles. The Kier molecular flexibility index (Phi) is 5.45. The Morgan fingerprint density at radius 2 is 1.77 bits per heavy atom. The number of aromatic nitrogens is 1. The van der Waals surface area contributed by atoms with Gasteiger partial charge in [-0.15, -0.1) is 0 Å². The first-order valence-electron chi connectivity index (χ1n) is 10.2. The third-order valence-corrected chi connectivity index (χ3v) is 5.62. The minimum Gasteiger partial charge on any atom is -0.356 e. The van der Waals surface area contributed by atoms with Crippen molar-refractivity contribution in [1.82, 2.24) is 10.3 Å². The van der Waals surface area contributed by atoms with E-state index in [0.717, 1.165) is 33.3 Å². The molecule has 1 heterocycles. The second-order valence-electron chi connectivity index (χ2n) is 7.76. The van der Waals surface area contributed by atoms with Gasteiger partial charge < -0.3 is 10.3 Å². The number of hydrogen-bond acceptors (Lipinski definition) is 1. The van der Waals surface area contributed by atoms with Gasteiger partial charge in [0.2, 0.25) is 0 Å². The largest absolute Gasteiger partial charge is 0.356 e. The van der Waals surface area contributed by atoms with Crippen LogP contribution < -0.4 is 10.8 Å². The van der Waals surface area contributed by atoms with Crippen molar-refractivity contribution in [3.63, 3.8) is 0 Å². The van der Waals surface area contributed by atoms with Gasteiger partial charge in [0.05, 0.1) is 5.52 Å². The van der Waals surface area contributed by atoms with Gasteiger partial charge in [0, 0.05) is 23.2 Å². The summed E-state index contributed by atoms with van der Waals surface area (Å²) in [6, 6.07) is 19.1. The van der Waals surface area contributed by atoms with E-state index in [1.54, 1.807) is 6.07 Å². The van der Waals surface area contributed by atoms with Crippen LogP contribution in [0.2, 0.25) is 0 Å². The normalized spacial score (nSPS) is 11.0. The van der Waals surface area contributed by atoms with Gasteiger partial charge in [0.15, 0.2) is 0 Å². The van der Waals surface area contributed by atoms with E-state index in [-0.39, 0.29) is 11.7 Å². The van der Waals surface area contributed by atoms with E-state index in [9.17, 15) is 9.18 Å². The van der Waals surface area contributed by atoms with Crippen LogP contribution in [0.4, 0.5) is 4.39 Å². The van der Waals surface area contributed by atoms with Crippen LogP contribution in [0.15, 0.2) is 60.7 Å². The van der Waals surface area contributed by atoms with Crippen LogP contribution in [0.25, 0.3) is 22.0 Å². The molecule has 0 aliphatic heterocycles. The Labute approximate surface area is 176 Å². The van der Waals surface area contributed by atoms with E-state index < -0.39 is 0 Å². The molecule has 0 fully saturated rings. The Hall–Kier alpha value is -3.34. The number of benzene rings is 3. The topological polar surface area (TPSA) is 44.9 Å². The molecule has 1 amide bonds. The van der Waals surface area contributed by atoms with Gasteiger partial charge in [-0.2, -0.15) is 0 Å². The summed E-state index contributed by atoms with van der Waals surface area (Å²) >= 11 is 0. The number of rotatable bonds is 5. The monoisotopic (exact) mass is 398 g/mol. The highest BCUT2D eigenvalue weighted by Gasteiger charge is 2.15. The molecule has 0 saturated carbocycles. The number of carbonyl (C=O) groups excluding carboxylic acids is 1. The molecule has 3 aromatic carbocycles. The number of amides is 1. The van der Waals surface area contributed by atoms with Crippen LogP contribution in [-0.4, -0.2) is 25.3 Å². The lowest BCUT2D eigenvalue weighted by Gasteiger charge is -2.11. The molecule has 30 heavy (non-hydrogen) atoms. The highest BCUT2D eigenvalue weighted by Crippen LogP contribution is 2.28. The summed E-state index contributed by atoms with van der Waals surface area (Å²) in [6.07, 6.45) is 0.633. The van der Waals surface area contributed by atoms with E-state index in [4.69, 9.17) is 0 Å². The summed E-state index contributed by atoms with van der Waals surface area (Å²) in [5.74, 6) is -0.354. The summed E-state index contributed by atoms with van der Waals surface area (Å²) in [6.45, 7) is 4.41. The van der Waals surface area contributed by atoms with Gasteiger partial charge in [-0.05, 0) is 54.7 Å². The maximum Gasteiger partial charge on any atom is 0.251 e. The molecule has 0 aliphatic carbocycles. The fourth-order valence-electron chi connectivity index (χ4n) is 4.02. The van der Waals surface area contributed by atoms with E-state index in [1.165, 1.54) is 11.5 Å². The van der Waals surface area contributed by atoms with E-state index in [2.05, 4.69) is 10.3 Å². The predicted octanol–water partition coefficient (Wildman–Crippen LogP) is 3.82. The smallest absolute Gasteiger partial charge is 0.251 e. The molecule has 0 aliphatic rings. The van der Waals surface area contributed by atoms with E-state index in [0.29, 0.717) is 24.0 Å². The lowest BCUT2D eigenvalue weighted by atomic mass is 9.92. The van der Waals surface area contributed by atoms with Crippen LogP contribution >= 0.6 is 0 Å². The molecular formula is C25H24BFN2O. The number of nitrogens with one attached hydrogen (secondary N) is 2. The highest BCUT2D eigenvalue weighted by molar-refractivity contribution is 6.32. The van der Waals surface area contributed by atoms with Crippen molar-refractivity contribution in [2.45, 2.75) is 20.3 Å². The third kappa shape index (κ3) is 3.75. The van der Waals surface area contributed by atoms with Crippen LogP contribution in [0, 0.1) is 19.7 Å². The number of halogens is 1. The average Bonchev–Trinajstić information content (AvgIpc) is 3.09. The SMILES string of the molecule is Bc1ccc(-c2ccccc2C(=O)NCCc2c(C)[nH]c3c(F)ccc(C)c23)cc1. The van der Waals surface area contributed by atoms with Crippen molar-refractivity contribution in [3.8, 4) is 11.1 Å². The van der Waals surface area contributed by atoms with E-state index >= 15 is 0 Å². The predicted molar refractivity (Wildman–Crippen MR) is 124 cm³/mol. The Morgan fingerprint density at radius 3 is 2.53 bits per heavy atom. The number of carbonyl (C=O) groups is 1. The van der Waals surface area contributed by atoms with Gasteiger partial charge in [0.1, 0.15) is 13.7 Å². The first-order valence-corrected chi connectivity index (χ1v) is 10.2. The number of H-pyrrole nitrogens is 1. The van der Waals surface area contributed by atoms with Crippen LogP contribution in [0.1, 0.15) is 27.2 Å². The Bertz CT molecular complexity index is 1230. The molecule has 1 aromatic heterocycles. The first-order chi connectivity index (χ1) is 14.5. The number of aromatic amines is 1. The van der Waals surface area contributed by atoms with Crippen molar-refractivity contribution in [3.05, 3.63) is 88.9 Å². The van der Waals surface area contributed by atoms with Gasteiger partial charge in [-0.1, -0.05) is 54.0 Å². The highest BCUT2D eigenvalue weighted by atomic mass is 19.1. The summed E-state index contributed by atoms with van der Waals surface area (Å²) in [5.41, 5.74) is 7.32. The van der Waals surface area contributed by atoms with Crippen molar-refractivity contribution in [2.75, 3.05) is 6.54 Å². The molecular weight excluding hydrogens is 374 g/mol. The first kappa shape index (κ1) is 20.0. The standard InChI is InChI=1S/C25H24BFN2O/c1-15-7-12-22(27)24-23(15)19(16(2)29-24)13-14-28-25(30)21-6-4-3-5-20(21)17-8-10-18(26)11-9-17/h3-12,29H,13-14,26H2,1-2H3,(H,28,30). The fraction of sp³-hybridized carbons (Fsp3) is 0.160. The lowest BCUT2D eigenvalue weighted by Crippen LogP contribution is -2.26. The molecule has 4 aromatic rings. The summed E-state index contributed by atoms with van der Waals surface area (Å²) < 4.78 is 14.2. The number of fused-ring (bicyclic) bond motifs is 1. The zero-order chi connectivity index (χ0) is 21.3. The summed E-state index contributed by atoms with van der Waals surface area (Å²) in [4.78, 5) is 16.1. The molecule has 3 nitrogen and oxygen atoms in total. The summed E-state index contributed by atoms with van der Waals surface area (Å²) in [7, 11) is 2.04. The fourth-order valence-corrected chi connectivity index (χ4v) is 4.02. The molecule has 4 rings (SSSR count). The van der Waals surface area contributed by atoms with Gasteiger partial charge in [-0.3, -0.25) is 4.79 Å².